The van der Waals surface area contributed by atoms with Crippen molar-refractivity contribution in [3.63, 3.8) is 0 Å². The van der Waals surface area contributed by atoms with Gasteiger partial charge in [-0.3, -0.25) is 0 Å². The van der Waals surface area contributed by atoms with Crippen LogP contribution in [0.5, 0.6) is 0 Å². The Bertz CT molecular complexity index is 353. The zero-order valence-electron chi connectivity index (χ0n) is 9.76. The van der Waals surface area contributed by atoms with Gasteiger partial charge in [0.15, 0.2) is 0 Å². The molecular formula is C12H19ClN2O. The lowest BCUT2D eigenvalue weighted by molar-refractivity contribution is 0.183. The standard InChI is InChI=1S/C12H19ClN2O/c1-8-6-11(14)10(13)7-12(8)15-5-3-4-9(2)16/h6-7,9,15-16H,3-5,14H2,1-2H3. The Morgan fingerprint density at radius 2 is 2.19 bits per heavy atom. The summed E-state index contributed by atoms with van der Waals surface area (Å²) in [5.41, 5.74) is 8.38. The second-order valence-corrected chi connectivity index (χ2v) is 4.51. The van der Waals surface area contributed by atoms with Gasteiger partial charge in [0.25, 0.3) is 0 Å². The molecule has 0 spiro atoms. The zero-order valence-corrected chi connectivity index (χ0v) is 10.5. The third-order valence-corrected chi connectivity index (χ3v) is 2.79. The van der Waals surface area contributed by atoms with Crippen molar-refractivity contribution in [1.82, 2.24) is 0 Å². The van der Waals surface area contributed by atoms with E-state index in [0.717, 1.165) is 30.6 Å². The Balaban J connectivity index is 2.51. The Morgan fingerprint density at radius 1 is 1.50 bits per heavy atom. The molecule has 1 aromatic rings. The molecule has 0 saturated heterocycles. The zero-order chi connectivity index (χ0) is 12.1. The summed E-state index contributed by atoms with van der Waals surface area (Å²) in [5.74, 6) is 0. The molecule has 90 valence electrons. The van der Waals surface area contributed by atoms with Crippen LogP contribution in [0.1, 0.15) is 25.3 Å². The molecule has 1 rings (SSSR count). The first-order chi connectivity index (χ1) is 7.50. The number of aliphatic hydroxyl groups excluding tert-OH is 1. The van der Waals surface area contributed by atoms with Gasteiger partial charge in [0.1, 0.15) is 0 Å². The molecule has 0 aliphatic heterocycles. The number of hydrogen-bond donors (Lipinski definition) is 3. The maximum atomic E-state index is 9.12. The van der Waals surface area contributed by atoms with Crippen LogP contribution in [-0.2, 0) is 0 Å². The van der Waals surface area contributed by atoms with E-state index in [-0.39, 0.29) is 6.10 Å². The number of benzene rings is 1. The molecule has 16 heavy (non-hydrogen) atoms. The fraction of sp³-hybridized carbons (Fsp3) is 0.500. The van der Waals surface area contributed by atoms with Gasteiger partial charge in [-0.1, -0.05) is 11.6 Å². The van der Waals surface area contributed by atoms with Crippen LogP contribution >= 0.6 is 11.6 Å². The molecule has 1 atom stereocenters. The van der Waals surface area contributed by atoms with Crippen LogP contribution < -0.4 is 11.1 Å². The monoisotopic (exact) mass is 242 g/mol. The van der Waals surface area contributed by atoms with E-state index in [2.05, 4.69) is 5.32 Å². The van der Waals surface area contributed by atoms with Gasteiger partial charge in [-0.05, 0) is 44.4 Å². The van der Waals surface area contributed by atoms with Crippen molar-refractivity contribution in [2.75, 3.05) is 17.6 Å². The summed E-state index contributed by atoms with van der Waals surface area (Å²) in [6, 6.07) is 3.70. The van der Waals surface area contributed by atoms with Crippen LogP contribution in [-0.4, -0.2) is 17.8 Å². The number of aliphatic hydroxyl groups is 1. The SMILES string of the molecule is Cc1cc(N)c(Cl)cc1NCCCC(C)O. The molecule has 0 aliphatic rings. The summed E-state index contributed by atoms with van der Waals surface area (Å²) in [6.07, 6.45) is 1.49. The Kier molecular flexibility index (Phi) is 4.90. The molecule has 3 nitrogen and oxygen atoms in total. The highest BCUT2D eigenvalue weighted by atomic mass is 35.5. The summed E-state index contributed by atoms with van der Waals surface area (Å²) in [4.78, 5) is 0. The number of nitrogens with one attached hydrogen (secondary N) is 1. The van der Waals surface area contributed by atoms with Crippen molar-refractivity contribution < 1.29 is 5.11 Å². The first-order valence-electron chi connectivity index (χ1n) is 5.48. The molecule has 4 heteroatoms. The van der Waals surface area contributed by atoms with Crippen molar-refractivity contribution in [3.05, 3.63) is 22.7 Å². The largest absolute Gasteiger partial charge is 0.398 e. The summed E-state index contributed by atoms with van der Waals surface area (Å²) < 4.78 is 0. The maximum absolute atomic E-state index is 9.12. The average Bonchev–Trinajstić information content (AvgIpc) is 2.19. The lowest BCUT2D eigenvalue weighted by Crippen LogP contribution is -2.07. The molecule has 0 fully saturated rings. The minimum atomic E-state index is -0.238. The van der Waals surface area contributed by atoms with Gasteiger partial charge in [-0.2, -0.15) is 0 Å². The predicted molar refractivity (Wildman–Crippen MR) is 70.0 cm³/mol. The van der Waals surface area contributed by atoms with Gasteiger partial charge in [-0.15, -0.1) is 0 Å². The fourth-order valence-electron chi connectivity index (χ4n) is 1.51. The second-order valence-electron chi connectivity index (χ2n) is 4.11. The maximum Gasteiger partial charge on any atom is 0.0656 e. The van der Waals surface area contributed by atoms with Crippen molar-refractivity contribution in [2.45, 2.75) is 32.8 Å². The predicted octanol–water partition coefficient (Wildman–Crippen LogP) is 2.80. The average molecular weight is 243 g/mol. The van der Waals surface area contributed by atoms with Crippen molar-refractivity contribution >= 4 is 23.0 Å². The van der Waals surface area contributed by atoms with Crippen molar-refractivity contribution in [3.8, 4) is 0 Å². The smallest absolute Gasteiger partial charge is 0.0656 e. The number of aryl methyl sites for hydroxylation is 1. The summed E-state index contributed by atoms with van der Waals surface area (Å²) in [5, 5.41) is 13.0. The molecule has 0 aromatic heterocycles. The van der Waals surface area contributed by atoms with E-state index in [1.807, 2.05) is 19.1 Å². The third-order valence-electron chi connectivity index (χ3n) is 2.46. The molecule has 0 aliphatic carbocycles. The normalized spacial score (nSPS) is 12.5. The van der Waals surface area contributed by atoms with E-state index < -0.39 is 0 Å². The van der Waals surface area contributed by atoms with E-state index in [1.54, 1.807) is 6.92 Å². The van der Waals surface area contributed by atoms with Crippen molar-refractivity contribution in [1.29, 1.82) is 0 Å². The van der Waals surface area contributed by atoms with Gasteiger partial charge in [0.05, 0.1) is 16.8 Å². The molecule has 0 heterocycles. The quantitative estimate of drug-likeness (QED) is 0.550. The summed E-state index contributed by atoms with van der Waals surface area (Å²) in [6.45, 7) is 4.61. The Labute approximate surface area is 102 Å². The van der Waals surface area contributed by atoms with Crippen molar-refractivity contribution in [2.24, 2.45) is 0 Å². The van der Waals surface area contributed by atoms with E-state index in [9.17, 15) is 0 Å². The van der Waals surface area contributed by atoms with Crippen LogP contribution in [0.25, 0.3) is 0 Å². The van der Waals surface area contributed by atoms with E-state index in [1.165, 1.54) is 0 Å². The van der Waals surface area contributed by atoms with E-state index in [4.69, 9.17) is 22.4 Å². The van der Waals surface area contributed by atoms with Gasteiger partial charge in [0, 0.05) is 12.2 Å². The first kappa shape index (κ1) is 13.1. The minimum Gasteiger partial charge on any atom is -0.398 e. The van der Waals surface area contributed by atoms with Crippen LogP contribution in [0, 0.1) is 6.92 Å². The number of rotatable bonds is 5. The van der Waals surface area contributed by atoms with Gasteiger partial charge in [0.2, 0.25) is 0 Å². The third kappa shape index (κ3) is 3.91. The van der Waals surface area contributed by atoms with Gasteiger partial charge >= 0.3 is 0 Å². The topological polar surface area (TPSA) is 58.3 Å². The molecule has 1 aromatic carbocycles. The van der Waals surface area contributed by atoms with Gasteiger partial charge < -0.3 is 16.2 Å². The summed E-state index contributed by atoms with van der Waals surface area (Å²) in [7, 11) is 0. The molecule has 0 amide bonds. The minimum absolute atomic E-state index is 0.238. The molecule has 0 saturated carbocycles. The highest BCUT2D eigenvalue weighted by Gasteiger charge is 2.03. The number of halogens is 1. The molecule has 0 radical (unpaired) electrons. The van der Waals surface area contributed by atoms with Crippen LogP contribution in [0.3, 0.4) is 0 Å². The lowest BCUT2D eigenvalue weighted by atomic mass is 10.1. The molecular weight excluding hydrogens is 224 g/mol. The number of nitrogens with two attached hydrogens (primary N) is 1. The highest BCUT2D eigenvalue weighted by molar-refractivity contribution is 6.33. The fourth-order valence-corrected chi connectivity index (χ4v) is 1.68. The lowest BCUT2D eigenvalue weighted by Gasteiger charge is -2.11. The molecule has 0 bridgehead atoms. The van der Waals surface area contributed by atoms with E-state index >= 15 is 0 Å². The Hall–Kier alpha value is -0.930. The number of nitrogen functional groups attached to an aromatic ring is 1. The van der Waals surface area contributed by atoms with E-state index in [0.29, 0.717) is 10.7 Å². The van der Waals surface area contributed by atoms with Crippen LogP contribution in [0.15, 0.2) is 12.1 Å². The number of hydrogen-bond acceptors (Lipinski definition) is 3. The first-order valence-corrected chi connectivity index (χ1v) is 5.86. The highest BCUT2D eigenvalue weighted by Crippen LogP contribution is 2.26. The molecule has 4 N–H and O–H groups in total. The molecule has 1 unspecified atom stereocenters. The summed E-state index contributed by atoms with van der Waals surface area (Å²) >= 11 is 5.94. The van der Waals surface area contributed by atoms with Crippen LogP contribution in [0.2, 0.25) is 5.02 Å². The second kappa shape index (κ2) is 5.97. The number of anilines is 2. The van der Waals surface area contributed by atoms with Crippen LogP contribution in [0.4, 0.5) is 11.4 Å². The van der Waals surface area contributed by atoms with Gasteiger partial charge in [-0.25, -0.2) is 0 Å². The Morgan fingerprint density at radius 3 is 2.81 bits per heavy atom.